The van der Waals surface area contributed by atoms with Gasteiger partial charge in [-0.3, -0.25) is 4.79 Å². The van der Waals surface area contributed by atoms with Crippen LogP contribution in [-0.2, 0) is 14.8 Å². The van der Waals surface area contributed by atoms with Gasteiger partial charge in [0, 0.05) is 18.1 Å². The van der Waals surface area contributed by atoms with Crippen molar-refractivity contribution >= 4 is 27.5 Å². The maximum absolute atomic E-state index is 12.9. The van der Waals surface area contributed by atoms with Crippen LogP contribution < -0.4 is 10.1 Å². The number of carbonyl (C=O) groups excluding carboxylic acids is 1. The van der Waals surface area contributed by atoms with E-state index in [0.717, 1.165) is 5.75 Å². The average Bonchev–Trinajstić information content (AvgIpc) is 2.73. The van der Waals surface area contributed by atoms with Crippen molar-refractivity contribution in [2.24, 2.45) is 5.92 Å². The first-order valence-electron chi connectivity index (χ1n) is 9.60. The lowest BCUT2D eigenvalue weighted by molar-refractivity contribution is -0.126. The molecule has 1 N–H and O–H groups in total. The molecule has 0 radical (unpaired) electrons. The number of sulfonamides is 1. The highest BCUT2D eigenvalue weighted by Gasteiger charge is 2.33. The number of piperidine rings is 1. The van der Waals surface area contributed by atoms with Gasteiger partial charge in [0.2, 0.25) is 15.9 Å². The molecule has 1 amide bonds. The molecule has 0 saturated carbocycles. The minimum Gasteiger partial charge on any atom is -0.491 e. The normalized spacial score (nSPS) is 18.8. The Kier molecular flexibility index (Phi) is 7.16. The number of rotatable bonds is 7. The maximum atomic E-state index is 12.9. The van der Waals surface area contributed by atoms with Gasteiger partial charge in [-0.25, -0.2) is 8.42 Å². The van der Waals surface area contributed by atoms with E-state index in [1.165, 1.54) is 16.4 Å². The third-order valence-electron chi connectivity index (χ3n) is 4.84. The zero-order valence-electron chi connectivity index (χ0n) is 16.3. The van der Waals surface area contributed by atoms with Crippen molar-refractivity contribution in [3.05, 3.63) is 59.6 Å². The highest BCUT2D eigenvalue weighted by Crippen LogP contribution is 2.25. The minimum absolute atomic E-state index is 0.148. The number of hydrogen-bond donors (Lipinski definition) is 1. The molecule has 1 aliphatic rings. The number of ether oxygens (including phenoxy) is 1. The molecule has 29 heavy (non-hydrogen) atoms. The summed E-state index contributed by atoms with van der Waals surface area (Å²) in [6.07, 6.45) is 1.30. The van der Waals surface area contributed by atoms with Crippen LogP contribution in [-0.4, -0.2) is 44.4 Å². The Morgan fingerprint density at radius 3 is 2.59 bits per heavy atom. The van der Waals surface area contributed by atoms with E-state index in [9.17, 15) is 13.2 Å². The Labute approximate surface area is 176 Å². The van der Waals surface area contributed by atoms with Crippen LogP contribution in [0.25, 0.3) is 0 Å². The summed E-state index contributed by atoms with van der Waals surface area (Å²) in [6, 6.07) is 15.3. The fourth-order valence-electron chi connectivity index (χ4n) is 3.27. The number of nitrogens with zero attached hydrogens (tertiary/aromatic N) is 1. The van der Waals surface area contributed by atoms with Crippen LogP contribution in [0.4, 0.5) is 0 Å². The average molecular weight is 437 g/mol. The lowest BCUT2D eigenvalue weighted by atomic mass is 9.98. The molecule has 2 aromatic rings. The number of nitrogens with one attached hydrogen (secondary N) is 1. The van der Waals surface area contributed by atoms with Crippen LogP contribution in [0.5, 0.6) is 5.75 Å². The van der Waals surface area contributed by atoms with E-state index in [1.807, 2.05) is 37.3 Å². The fourth-order valence-corrected chi connectivity index (χ4v) is 4.92. The third kappa shape index (κ3) is 5.72. The van der Waals surface area contributed by atoms with Gasteiger partial charge in [-0.2, -0.15) is 4.31 Å². The number of para-hydroxylation sites is 1. The van der Waals surface area contributed by atoms with Gasteiger partial charge in [0.15, 0.2) is 0 Å². The highest BCUT2D eigenvalue weighted by atomic mass is 35.5. The van der Waals surface area contributed by atoms with Crippen molar-refractivity contribution < 1.29 is 17.9 Å². The summed E-state index contributed by atoms with van der Waals surface area (Å²) < 4.78 is 32.8. The monoisotopic (exact) mass is 436 g/mol. The van der Waals surface area contributed by atoms with E-state index >= 15 is 0 Å². The Balaban J connectivity index is 1.56. The van der Waals surface area contributed by atoms with E-state index in [4.69, 9.17) is 16.3 Å². The lowest BCUT2D eigenvalue weighted by Crippen LogP contribution is -2.48. The second-order valence-corrected chi connectivity index (χ2v) is 9.56. The van der Waals surface area contributed by atoms with Crippen LogP contribution in [0, 0.1) is 5.92 Å². The van der Waals surface area contributed by atoms with E-state index in [1.54, 1.807) is 12.1 Å². The summed E-state index contributed by atoms with van der Waals surface area (Å²) in [6.45, 7) is 2.78. The summed E-state index contributed by atoms with van der Waals surface area (Å²) in [5.41, 5.74) is 0. The molecule has 0 aromatic heterocycles. The zero-order chi connectivity index (χ0) is 20.9. The van der Waals surface area contributed by atoms with Crippen LogP contribution in [0.1, 0.15) is 19.8 Å². The number of halogens is 1. The second kappa shape index (κ2) is 9.61. The molecule has 6 nitrogen and oxygen atoms in total. The summed E-state index contributed by atoms with van der Waals surface area (Å²) in [5.74, 6) is 0.210. The first kappa shape index (κ1) is 21.6. The van der Waals surface area contributed by atoms with Gasteiger partial charge >= 0.3 is 0 Å². The number of amides is 1. The van der Waals surface area contributed by atoms with E-state index in [0.29, 0.717) is 31.0 Å². The Hall–Kier alpha value is -2.09. The van der Waals surface area contributed by atoms with E-state index in [-0.39, 0.29) is 29.3 Å². The molecule has 2 atom stereocenters. The lowest BCUT2D eigenvalue weighted by Gasteiger charge is -2.31. The van der Waals surface area contributed by atoms with Gasteiger partial charge in [-0.05, 0) is 56.2 Å². The molecule has 0 bridgehead atoms. The Morgan fingerprint density at radius 1 is 1.21 bits per heavy atom. The molecule has 0 aliphatic carbocycles. The molecular formula is C21H25ClN2O4S. The highest BCUT2D eigenvalue weighted by molar-refractivity contribution is 7.89. The van der Waals surface area contributed by atoms with E-state index < -0.39 is 10.0 Å². The number of benzene rings is 2. The summed E-state index contributed by atoms with van der Waals surface area (Å²) in [4.78, 5) is 12.9. The number of hydrogen-bond acceptors (Lipinski definition) is 4. The Bertz CT molecular complexity index is 919. The van der Waals surface area contributed by atoms with Crippen molar-refractivity contribution in [3.8, 4) is 5.75 Å². The maximum Gasteiger partial charge on any atom is 0.243 e. The predicted octanol–water partition coefficient (Wildman–Crippen LogP) is 3.32. The van der Waals surface area contributed by atoms with Crippen molar-refractivity contribution in [2.75, 3.05) is 19.7 Å². The Morgan fingerprint density at radius 2 is 1.90 bits per heavy atom. The van der Waals surface area contributed by atoms with Gasteiger partial charge in [-0.15, -0.1) is 0 Å². The third-order valence-corrected chi connectivity index (χ3v) is 6.97. The first-order valence-corrected chi connectivity index (χ1v) is 11.4. The summed E-state index contributed by atoms with van der Waals surface area (Å²) >= 11 is 5.85. The van der Waals surface area contributed by atoms with Gasteiger partial charge in [-0.1, -0.05) is 29.8 Å². The molecule has 3 rings (SSSR count). The molecule has 1 fully saturated rings. The molecule has 8 heteroatoms. The van der Waals surface area contributed by atoms with Crippen LogP contribution in [0.2, 0.25) is 5.02 Å². The number of carbonyl (C=O) groups is 1. The quantitative estimate of drug-likeness (QED) is 0.722. The second-order valence-electron chi connectivity index (χ2n) is 7.19. The van der Waals surface area contributed by atoms with Crippen LogP contribution in [0.3, 0.4) is 0 Å². The van der Waals surface area contributed by atoms with E-state index in [2.05, 4.69) is 5.32 Å². The van der Waals surface area contributed by atoms with Crippen molar-refractivity contribution in [3.63, 3.8) is 0 Å². The van der Waals surface area contributed by atoms with Gasteiger partial charge < -0.3 is 10.1 Å². The predicted molar refractivity (Wildman–Crippen MR) is 112 cm³/mol. The first-order chi connectivity index (χ1) is 13.9. The summed E-state index contributed by atoms with van der Waals surface area (Å²) in [5, 5.41) is 3.41. The molecule has 156 valence electrons. The SMILES string of the molecule is C[C@H](COc1ccccc1)NC(=O)[C@@H]1CCCN(S(=O)(=O)c2ccc(Cl)cc2)C1. The minimum atomic E-state index is -3.65. The van der Waals surface area contributed by atoms with Gasteiger partial charge in [0.1, 0.15) is 12.4 Å². The molecule has 1 heterocycles. The zero-order valence-corrected chi connectivity index (χ0v) is 17.8. The summed E-state index contributed by atoms with van der Waals surface area (Å²) in [7, 11) is -3.65. The van der Waals surface area contributed by atoms with Crippen LogP contribution in [0.15, 0.2) is 59.5 Å². The standard InChI is InChI=1S/C21H25ClN2O4S/c1-16(15-28-19-7-3-2-4-8-19)23-21(25)17-6-5-13-24(14-17)29(26,27)20-11-9-18(22)10-12-20/h2-4,7-12,16-17H,5-6,13-15H2,1H3,(H,23,25)/t16-,17-/m1/s1. The van der Waals surface area contributed by atoms with Gasteiger partial charge in [0.25, 0.3) is 0 Å². The van der Waals surface area contributed by atoms with Crippen molar-refractivity contribution in [2.45, 2.75) is 30.7 Å². The molecule has 1 aliphatic heterocycles. The molecular weight excluding hydrogens is 412 g/mol. The van der Waals surface area contributed by atoms with Crippen molar-refractivity contribution in [1.29, 1.82) is 0 Å². The smallest absolute Gasteiger partial charge is 0.243 e. The largest absolute Gasteiger partial charge is 0.491 e. The molecule has 1 saturated heterocycles. The van der Waals surface area contributed by atoms with Crippen molar-refractivity contribution in [1.82, 2.24) is 9.62 Å². The molecule has 0 unspecified atom stereocenters. The van der Waals surface area contributed by atoms with Gasteiger partial charge in [0.05, 0.1) is 16.9 Å². The topological polar surface area (TPSA) is 75.7 Å². The fraction of sp³-hybridized carbons (Fsp3) is 0.381. The molecule has 2 aromatic carbocycles. The molecule has 0 spiro atoms. The van der Waals surface area contributed by atoms with Crippen LogP contribution >= 0.6 is 11.6 Å².